The van der Waals surface area contributed by atoms with Gasteiger partial charge in [-0.05, 0) is 43.0 Å². The normalized spacial score (nSPS) is 9.65. The van der Waals surface area contributed by atoms with E-state index in [0.29, 0.717) is 31.0 Å². The fourth-order valence-electron chi connectivity index (χ4n) is 1.60. The molecular formula is C14H20N4O2. The van der Waals surface area contributed by atoms with Crippen molar-refractivity contribution in [1.29, 1.82) is 0 Å². The predicted octanol–water partition coefficient (Wildman–Crippen LogP) is 3.30. The molecule has 1 rings (SSSR count). The van der Waals surface area contributed by atoms with Crippen molar-refractivity contribution in [2.45, 2.75) is 26.2 Å². The summed E-state index contributed by atoms with van der Waals surface area (Å²) in [7, 11) is 0. The van der Waals surface area contributed by atoms with Crippen LogP contribution in [0.25, 0.3) is 10.4 Å². The molecule has 20 heavy (non-hydrogen) atoms. The molecule has 0 aliphatic carbocycles. The van der Waals surface area contributed by atoms with Crippen molar-refractivity contribution in [3.63, 3.8) is 0 Å². The standard InChI is InChI=1S/C14H20N4O2/c1-2-10-20-13-7-5-6-12(11-13)14(19)16-8-3-4-9-17-18-15/h5-7,11H,2-4,8-10H2,1H3,(H,16,19). The second-order valence-electron chi connectivity index (χ2n) is 4.29. The maximum atomic E-state index is 11.9. The van der Waals surface area contributed by atoms with Crippen LogP contribution in [0.2, 0.25) is 0 Å². The van der Waals surface area contributed by atoms with E-state index >= 15 is 0 Å². The van der Waals surface area contributed by atoms with Gasteiger partial charge in [-0.1, -0.05) is 18.1 Å². The zero-order valence-electron chi connectivity index (χ0n) is 11.7. The number of rotatable bonds is 9. The minimum atomic E-state index is -0.115. The average Bonchev–Trinajstić information content (AvgIpc) is 2.48. The maximum absolute atomic E-state index is 11.9. The Bertz CT molecular complexity index is 470. The lowest BCUT2D eigenvalue weighted by Crippen LogP contribution is -2.24. The molecule has 0 bridgehead atoms. The largest absolute Gasteiger partial charge is 0.494 e. The number of unbranched alkanes of at least 4 members (excludes halogenated alkanes) is 1. The molecule has 0 unspecified atom stereocenters. The van der Waals surface area contributed by atoms with Gasteiger partial charge in [0.25, 0.3) is 5.91 Å². The summed E-state index contributed by atoms with van der Waals surface area (Å²) in [6.07, 6.45) is 2.49. The monoisotopic (exact) mass is 276 g/mol. The SMILES string of the molecule is CCCOc1cccc(C(=O)NCCCCN=[N+]=[N-])c1. The quantitative estimate of drug-likeness (QED) is 0.324. The van der Waals surface area contributed by atoms with Gasteiger partial charge in [-0.3, -0.25) is 4.79 Å². The van der Waals surface area contributed by atoms with E-state index in [4.69, 9.17) is 10.3 Å². The van der Waals surface area contributed by atoms with Gasteiger partial charge in [-0.25, -0.2) is 0 Å². The first-order chi connectivity index (χ1) is 9.77. The molecule has 6 heteroatoms. The number of hydrogen-bond acceptors (Lipinski definition) is 3. The molecule has 1 aromatic carbocycles. The number of amides is 1. The van der Waals surface area contributed by atoms with Crippen LogP contribution in [-0.4, -0.2) is 25.6 Å². The van der Waals surface area contributed by atoms with Crippen LogP contribution in [0.1, 0.15) is 36.5 Å². The summed E-state index contributed by atoms with van der Waals surface area (Å²) in [6, 6.07) is 7.15. The van der Waals surface area contributed by atoms with Gasteiger partial charge in [0, 0.05) is 23.6 Å². The van der Waals surface area contributed by atoms with Crippen LogP contribution in [-0.2, 0) is 0 Å². The van der Waals surface area contributed by atoms with E-state index in [9.17, 15) is 4.79 Å². The first kappa shape index (κ1) is 15.9. The third-order valence-electron chi connectivity index (χ3n) is 2.60. The second-order valence-corrected chi connectivity index (χ2v) is 4.29. The Balaban J connectivity index is 2.36. The molecule has 0 aromatic heterocycles. The fourth-order valence-corrected chi connectivity index (χ4v) is 1.60. The number of benzene rings is 1. The third-order valence-corrected chi connectivity index (χ3v) is 2.60. The van der Waals surface area contributed by atoms with Crippen LogP contribution in [0.4, 0.5) is 0 Å². The number of nitrogens with one attached hydrogen (secondary N) is 1. The van der Waals surface area contributed by atoms with Crippen molar-refractivity contribution < 1.29 is 9.53 Å². The van der Waals surface area contributed by atoms with Crippen LogP contribution in [0.5, 0.6) is 5.75 Å². The van der Waals surface area contributed by atoms with E-state index < -0.39 is 0 Å². The Morgan fingerprint density at radius 2 is 2.30 bits per heavy atom. The van der Waals surface area contributed by atoms with Gasteiger partial charge < -0.3 is 10.1 Å². The van der Waals surface area contributed by atoms with E-state index in [1.54, 1.807) is 12.1 Å². The summed E-state index contributed by atoms with van der Waals surface area (Å²) < 4.78 is 5.49. The summed E-state index contributed by atoms with van der Waals surface area (Å²) >= 11 is 0. The molecule has 0 heterocycles. The van der Waals surface area contributed by atoms with E-state index in [1.807, 2.05) is 19.1 Å². The molecule has 108 valence electrons. The summed E-state index contributed by atoms with van der Waals surface area (Å²) in [4.78, 5) is 14.6. The Morgan fingerprint density at radius 3 is 3.05 bits per heavy atom. The summed E-state index contributed by atoms with van der Waals surface area (Å²) in [6.45, 7) is 3.71. The summed E-state index contributed by atoms with van der Waals surface area (Å²) in [5.74, 6) is 0.596. The molecular weight excluding hydrogens is 256 g/mol. The number of carbonyl (C=O) groups excluding carboxylic acids is 1. The van der Waals surface area contributed by atoms with Crippen molar-refractivity contribution in [2.75, 3.05) is 19.7 Å². The molecule has 1 N–H and O–H groups in total. The minimum Gasteiger partial charge on any atom is -0.494 e. The predicted molar refractivity (Wildman–Crippen MR) is 77.8 cm³/mol. The fraction of sp³-hybridized carbons (Fsp3) is 0.500. The number of ether oxygens (including phenoxy) is 1. The highest BCUT2D eigenvalue weighted by molar-refractivity contribution is 5.94. The molecule has 0 aliphatic rings. The molecule has 1 aromatic rings. The summed E-state index contributed by atoms with van der Waals surface area (Å²) in [5.41, 5.74) is 8.72. The van der Waals surface area contributed by atoms with Gasteiger partial charge in [-0.15, -0.1) is 0 Å². The Morgan fingerprint density at radius 1 is 1.45 bits per heavy atom. The van der Waals surface area contributed by atoms with Gasteiger partial charge >= 0.3 is 0 Å². The average molecular weight is 276 g/mol. The Kier molecular flexibility index (Phi) is 7.69. The van der Waals surface area contributed by atoms with Crippen molar-refractivity contribution in [1.82, 2.24) is 5.32 Å². The summed E-state index contributed by atoms with van der Waals surface area (Å²) in [5, 5.41) is 6.27. The number of carbonyl (C=O) groups is 1. The first-order valence-corrected chi connectivity index (χ1v) is 6.80. The van der Waals surface area contributed by atoms with Crippen LogP contribution < -0.4 is 10.1 Å². The highest BCUT2D eigenvalue weighted by atomic mass is 16.5. The highest BCUT2D eigenvalue weighted by Gasteiger charge is 2.05. The Hall–Kier alpha value is -2.20. The van der Waals surface area contributed by atoms with E-state index in [1.165, 1.54) is 0 Å². The lowest BCUT2D eigenvalue weighted by atomic mass is 10.2. The van der Waals surface area contributed by atoms with E-state index in [-0.39, 0.29) is 5.91 Å². The number of azide groups is 1. The van der Waals surface area contributed by atoms with Crippen molar-refractivity contribution >= 4 is 5.91 Å². The third kappa shape index (κ3) is 6.11. The molecule has 0 fully saturated rings. The zero-order chi connectivity index (χ0) is 14.6. The van der Waals surface area contributed by atoms with Gasteiger partial charge in [0.15, 0.2) is 0 Å². The molecule has 6 nitrogen and oxygen atoms in total. The van der Waals surface area contributed by atoms with Crippen LogP contribution in [0, 0.1) is 0 Å². The number of hydrogen-bond donors (Lipinski definition) is 1. The lowest BCUT2D eigenvalue weighted by Gasteiger charge is -2.07. The maximum Gasteiger partial charge on any atom is 0.251 e. The van der Waals surface area contributed by atoms with Crippen LogP contribution >= 0.6 is 0 Å². The topological polar surface area (TPSA) is 87.1 Å². The van der Waals surface area contributed by atoms with E-state index in [2.05, 4.69) is 15.3 Å². The Labute approximate surface area is 118 Å². The van der Waals surface area contributed by atoms with E-state index in [0.717, 1.165) is 19.3 Å². The first-order valence-electron chi connectivity index (χ1n) is 6.80. The van der Waals surface area contributed by atoms with Crippen LogP contribution in [0.15, 0.2) is 29.4 Å². The van der Waals surface area contributed by atoms with Gasteiger partial charge in [0.2, 0.25) is 0 Å². The van der Waals surface area contributed by atoms with Gasteiger partial charge in [-0.2, -0.15) is 0 Å². The molecule has 1 amide bonds. The number of nitrogens with zero attached hydrogens (tertiary/aromatic N) is 3. The molecule has 0 aliphatic heterocycles. The van der Waals surface area contributed by atoms with Crippen molar-refractivity contribution in [3.05, 3.63) is 40.3 Å². The molecule has 0 saturated heterocycles. The zero-order valence-corrected chi connectivity index (χ0v) is 11.7. The minimum absolute atomic E-state index is 0.115. The molecule has 0 radical (unpaired) electrons. The second kappa shape index (κ2) is 9.69. The lowest BCUT2D eigenvalue weighted by molar-refractivity contribution is 0.0952. The van der Waals surface area contributed by atoms with Crippen molar-refractivity contribution in [2.24, 2.45) is 5.11 Å². The van der Waals surface area contributed by atoms with Crippen molar-refractivity contribution in [3.8, 4) is 5.75 Å². The highest BCUT2D eigenvalue weighted by Crippen LogP contribution is 2.13. The van der Waals surface area contributed by atoms with Gasteiger partial charge in [0.05, 0.1) is 6.61 Å². The molecule has 0 saturated carbocycles. The van der Waals surface area contributed by atoms with Gasteiger partial charge in [0.1, 0.15) is 5.75 Å². The molecule has 0 spiro atoms. The molecule has 0 atom stereocenters. The smallest absolute Gasteiger partial charge is 0.251 e. The van der Waals surface area contributed by atoms with Crippen LogP contribution in [0.3, 0.4) is 0 Å².